The van der Waals surface area contributed by atoms with Crippen molar-refractivity contribution in [1.82, 2.24) is 5.32 Å². The van der Waals surface area contributed by atoms with E-state index in [4.69, 9.17) is 5.73 Å². The molecule has 1 aromatic carbocycles. The largest absolute Gasteiger partial charge is 0.355 e. The lowest BCUT2D eigenvalue weighted by Crippen LogP contribution is -2.45. The van der Waals surface area contributed by atoms with Crippen LogP contribution in [0.25, 0.3) is 0 Å². The molecule has 0 aliphatic carbocycles. The smallest absolute Gasteiger partial charge is 0.251 e. The minimum atomic E-state index is -0.955. The van der Waals surface area contributed by atoms with Gasteiger partial charge in [0, 0.05) is 18.3 Å². The zero-order valence-corrected chi connectivity index (χ0v) is 10.2. The lowest BCUT2D eigenvalue weighted by Gasteiger charge is -2.17. The Hall–Kier alpha value is -1.88. The second kappa shape index (κ2) is 4.97. The maximum atomic E-state index is 11.6. The highest BCUT2D eigenvalue weighted by atomic mass is 16.2. The fraction of sp³-hybridized carbons (Fsp3) is 0.333. The van der Waals surface area contributed by atoms with Gasteiger partial charge in [0.1, 0.15) is 0 Å². The second-order valence-electron chi connectivity index (χ2n) is 4.34. The van der Waals surface area contributed by atoms with Gasteiger partial charge in [-0.2, -0.15) is 0 Å². The summed E-state index contributed by atoms with van der Waals surface area (Å²) in [6.45, 7) is 3.23. The Morgan fingerprint density at radius 1 is 1.29 bits per heavy atom. The predicted octanol–water partition coefficient (Wildman–Crippen LogP) is 0.722. The van der Waals surface area contributed by atoms with E-state index in [0.717, 1.165) is 0 Å². The van der Waals surface area contributed by atoms with Crippen LogP contribution in [0.2, 0.25) is 0 Å². The molecule has 0 atom stereocenters. The molecule has 5 nitrogen and oxygen atoms in total. The van der Waals surface area contributed by atoms with E-state index < -0.39 is 5.54 Å². The van der Waals surface area contributed by atoms with Crippen molar-refractivity contribution in [2.45, 2.75) is 19.4 Å². The third kappa shape index (κ3) is 3.57. The molecule has 1 rings (SSSR count). The molecule has 0 heterocycles. The summed E-state index contributed by atoms with van der Waals surface area (Å²) >= 11 is 0. The van der Waals surface area contributed by atoms with Crippen LogP contribution < -0.4 is 16.4 Å². The summed E-state index contributed by atoms with van der Waals surface area (Å²) in [7, 11) is 1.55. The first-order valence-corrected chi connectivity index (χ1v) is 5.27. The minimum absolute atomic E-state index is 0.201. The van der Waals surface area contributed by atoms with E-state index in [1.165, 1.54) is 0 Å². The molecule has 17 heavy (non-hydrogen) atoms. The van der Waals surface area contributed by atoms with Crippen LogP contribution in [0.4, 0.5) is 5.69 Å². The van der Waals surface area contributed by atoms with E-state index in [-0.39, 0.29) is 11.8 Å². The Labute approximate surface area is 100 Å². The zero-order chi connectivity index (χ0) is 13.1. The van der Waals surface area contributed by atoms with Crippen molar-refractivity contribution in [2.24, 2.45) is 5.73 Å². The van der Waals surface area contributed by atoms with Gasteiger partial charge in [-0.05, 0) is 32.0 Å². The lowest BCUT2D eigenvalue weighted by atomic mass is 10.1. The molecule has 92 valence electrons. The molecule has 0 aromatic heterocycles. The Morgan fingerprint density at radius 2 is 1.94 bits per heavy atom. The lowest BCUT2D eigenvalue weighted by molar-refractivity contribution is -0.120. The van der Waals surface area contributed by atoms with Gasteiger partial charge in [0.25, 0.3) is 5.91 Å². The third-order valence-electron chi connectivity index (χ3n) is 2.19. The van der Waals surface area contributed by atoms with E-state index in [9.17, 15) is 9.59 Å². The minimum Gasteiger partial charge on any atom is -0.355 e. The number of hydrogen-bond donors (Lipinski definition) is 3. The highest BCUT2D eigenvalue weighted by molar-refractivity contribution is 5.99. The van der Waals surface area contributed by atoms with Crippen LogP contribution in [-0.2, 0) is 4.79 Å². The van der Waals surface area contributed by atoms with Gasteiger partial charge in [-0.15, -0.1) is 0 Å². The van der Waals surface area contributed by atoms with E-state index in [1.54, 1.807) is 45.2 Å². The van der Waals surface area contributed by atoms with Crippen LogP contribution in [0, 0.1) is 0 Å². The van der Waals surface area contributed by atoms with Crippen LogP contribution in [-0.4, -0.2) is 24.4 Å². The number of benzene rings is 1. The first-order valence-electron chi connectivity index (χ1n) is 5.27. The highest BCUT2D eigenvalue weighted by Crippen LogP contribution is 2.12. The van der Waals surface area contributed by atoms with E-state index in [0.29, 0.717) is 11.3 Å². The summed E-state index contributed by atoms with van der Waals surface area (Å²) < 4.78 is 0. The van der Waals surface area contributed by atoms with Crippen molar-refractivity contribution < 1.29 is 9.59 Å². The number of rotatable bonds is 3. The van der Waals surface area contributed by atoms with Crippen LogP contribution >= 0.6 is 0 Å². The summed E-state index contributed by atoms with van der Waals surface area (Å²) in [6, 6.07) is 6.67. The molecule has 0 saturated heterocycles. The van der Waals surface area contributed by atoms with Crippen LogP contribution in [0.5, 0.6) is 0 Å². The average Bonchev–Trinajstić information content (AvgIpc) is 2.27. The molecule has 0 bridgehead atoms. The van der Waals surface area contributed by atoms with Crippen molar-refractivity contribution in [3.8, 4) is 0 Å². The topological polar surface area (TPSA) is 84.2 Å². The number of nitrogens with one attached hydrogen (secondary N) is 2. The van der Waals surface area contributed by atoms with Crippen molar-refractivity contribution in [3.63, 3.8) is 0 Å². The van der Waals surface area contributed by atoms with Gasteiger partial charge in [0.15, 0.2) is 0 Å². The number of anilines is 1. The molecule has 0 radical (unpaired) electrons. The predicted molar refractivity (Wildman–Crippen MR) is 66.7 cm³/mol. The van der Waals surface area contributed by atoms with E-state index in [1.807, 2.05) is 0 Å². The number of carbonyl (C=O) groups excluding carboxylic acids is 2. The van der Waals surface area contributed by atoms with Crippen LogP contribution in [0.1, 0.15) is 24.2 Å². The molecule has 0 aliphatic rings. The van der Waals surface area contributed by atoms with Gasteiger partial charge in [0.2, 0.25) is 5.91 Å². The normalized spacial score (nSPS) is 10.8. The standard InChI is InChI=1S/C12H17N3O2/c1-12(2,13)11(17)15-9-6-4-5-8(7-9)10(16)14-3/h4-7H,13H2,1-3H3,(H,14,16)(H,15,17). The molecular weight excluding hydrogens is 218 g/mol. The van der Waals surface area contributed by atoms with Crippen molar-refractivity contribution in [3.05, 3.63) is 29.8 Å². The molecule has 0 unspecified atom stereocenters. The monoisotopic (exact) mass is 235 g/mol. The highest BCUT2D eigenvalue weighted by Gasteiger charge is 2.21. The van der Waals surface area contributed by atoms with E-state index >= 15 is 0 Å². The van der Waals surface area contributed by atoms with Gasteiger partial charge in [0.05, 0.1) is 5.54 Å². The first-order chi connectivity index (χ1) is 7.84. The fourth-order valence-electron chi connectivity index (χ4n) is 1.17. The summed E-state index contributed by atoms with van der Waals surface area (Å²) in [6.07, 6.45) is 0. The first kappa shape index (κ1) is 13.2. The maximum absolute atomic E-state index is 11.6. The van der Waals surface area contributed by atoms with Crippen molar-refractivity contribution >= 4 is 17.5 Å². The Balaban J connectivity index is 2.87. The Morgan fingerprint density at radius 3 is 2.47 bits per heavy atom. The van der Waals surface area contributed by atoms with Gasteiger partial charge in [-0.25, -0.2) is 0 Å². The fourth-order valence-corrected chi connectivity index (χ4v) is 1.17. The molecule has 0 aliphatic heterocycles. The average molecular weight is 235 g/mol. The summed E-state index contributed by atoms with van der Waals surface area (Å²) in [5.41, 5.74) is 5.74. The summed E-state index contributed by atoms with van der Waals surface area (Å²) in [5, 5.41) is 5.17. The van der Waals surface area contributed by atoms with Gasteiger partial charge < -0.3 is 16.4 Å². The molecule has 0 spiro atoms. The van der Waals surface area contributed by atoms with Crippen LogP contribution in [0.15, 0.2) is 24.3 Å². The summed E-state index contributed by atoms with van der Waals surface area (Å²) in [4.78, 5) is 23.0. The maximum Gasteiger partial charge on any atom is 0.251 e. The van der Waals surface area contributed by atoms with Gasteiger partial charge in [-0.3, -0.25) is 9.59 Å². The van der Waals surface area contributed by atoms with Crippen molar-refractivity contribution in [2.75, 3.05) is 12.4 Å². The molecule has 0 saturated carbocycles. The Kier molecular flexibility index (Phi) is 3.85. The van der Waals surface area contributed by atoms with Gasteiger partial charge in [-0.1, -0.05) is 6.07 Å². The molecule has 2 amide bonds. The molecule has 4 N–H and O–H groups in total. The van der Waals surface area contributed by atoms with Crippen LogP contribution in [0.3, 0.4) is 0 Å². The van der Waals surface area contributed by atoms with Crippen molar-refractivity contribution in [1.29, 1.82) is 0 Å². The number of nitrogens with two attached hydrogens (primary N) is 1. The second-order valence-corrected chi connectivity index (χ2v) is 4.34. The number of carbonyl (C=O) groups is 2. The summed E-state index contributed by atoms with van der Waals surface area (Å²) in [5.74, 6) is -0.500. The van der Waals surface area contributed by atoms with E-state index in [2.05, 4.69) is 10.6 Å². The number of hydrogen-bond acceptors (Lipinski definition) is 3. The zero-order valence-electron chi connectivity index (χ0n) is 10.2. The Bertz CT molecular complexity index is 436. The molecule has 1 aromatic rings. The molecule has 0 fully saturated rings. The number of amides is 2. The quantitative estimate of drug-likeness (QED) is 0.721. The third-order valence-corrected chi connectivity index (χ3v) is 2.19. The molecular formula is C12H17N3O2. The molecule has 5 heteroatoms. The van der Waals surface area contributed by atoms with Gasteiger partial charge >= 0.3 is 0 Å². The SMILES string of the molecule is CNC(=O)c1cccc(NC(=O)C(C)(C)N)c1.